The Balaban J connectivity index is 0.000000186. The molecule has 0 heterocycles. The van der Waals surface area contributed by atoms with Crippen molar-refractivity contribution in [3.05, 3.63) is 77.3 Å². The Bertz CT molecular complexity index is 1010. The van der Waals surface area contributed by atoms with Crippen molar-refractivity contribution in [2.75, 3.05) is 35.8 Å². The van der Waals surface area contributed by atoms with Crippen molar-refractivity contribution in [1.82, 2.24) is 0 Å². The van der Waals surface area contributed by atoms with Crippen LogP contribution in [-0.4, -0.2) is 20.2 Å². The van der Waals surface area contributed by atoms with Crippen LogP contribution in [0.2, 0.25) is 5.02 Å². The number of nitrogens with two attached hydrogens (primary N) is 2. The van der Waals surface area contributed by atoms with E-state index in [4.69, 9.17) is 27.8 Å². The number of halogens is 1. The number of nitrogens with one attached hydrogen (secondary N) is 1. The second-order valence-corrected chi connectivity index (χ2v) is 8.81. The highest BCUT2D eigenvalue weighted by molar-refractivity contribution is 6.33. The zero-order valence-corrected chi connectivity index (χ0v) is 20.3. The lowest BCUT2D eigenvalue weighted by Crippen LogP contribution is -2.33. The van der Waals surface area contributed by atoms with Gasteiger partial charge in [-0.3, -0.25) is 0 Å². The maximum absolute atomic E-state index is 6.22. The van der Waals surface area contributed by atoms with Crippen molar-refractivity contribution in [1.29, 1.82) is 0 Å². The summed E-state index contributed by atoms with van der Waals surface area (Å²) in [6.45, 7) is 0.748. The Kier molecular flexibility index (Phi) is 9.14. The summed E-state index contributed by atoms with van der Waals surface area (Å²) in [5, 5.41) is 4.06. The third-order valence-corrected chi connectivity index (χ3v) is 6.36. The summed E-state index contributed by atoms with van der Waals surface area (Å²) >= 11 is 6.22. The van der Waals surface area contributed by atoms with Crippen molar-refractivity contribution in [2.45, 2.75) is 44.7 Å². The molecule has 0 unspecified atom stereocenters. The number of nitrogens with zero attached hydrogens (tertiary/aromatic N) is 1. The Hall–Kier alpha value is -3.05. The predicted octanol–water partition coefficient (Wildman–Crippen LogP) is 6.58. The van der Waals surface area contributed by atoms with Gasteiger partial charge in [0, 0.05) is 31.4 Å². The molecule has 1 saturated carbocycles. The summed E-state index contributed by atoms with van der Waals surface area (Å²) in [6.07, 6.45) is 6.59. The molecule has 5 nitrogen and oxygen atoms in total. The van der Waals surface area contributed by atoms with Gasteiger partial charge < -0.3 is 26.4 Å². The lowest BCUT2D eigenvalue weighted by Gasteiger charge is -2.33. The highest BCUT2D eigenvalue weighted by Crippen LogP contribution is 2.32. The molecule has 1 aliphatic carbocycles. The summed E-state index contributed by atoms with van der Waals surface area (Å²) in [6, 6.07) is 22.2. The van der Waals surface area contributed by atoms with Crippen LogP contribution in [0, 0.1) is 0 Å². The minimum Gasteiger partial charge on any atom is -0.497 e. The molecule has 0 bridgehead atoms. The number of hydrogen-bond acceptors (Lipinski definition) is 5. The topological polar surface area (TPSA) is 76.5 Å². The van der Waals surface area contributed by atoms with Gasteiger partial charge >= 0.3 is 0 Å². The quantitative estimate of drug-likeness (QED) is 0.357. The largest absolute Gasteiger partial charge is 0.497 e. The maximum atomic E-state index is 6.22. The third-order valence-electron chi connectivity index (χ3n) is 6.06. The maximum Gasteiger partial charge on any atom is 0.121 e. The molecule has 3 aromatic carbocycles. The lowest BCUT2D eigenvalue weighted by atomic mass is 9.94. The first-order valence-corrected chi connectivity index (χ1v) is 11.8. The Morgan fingerprint density at radius 3 is 2.36 bits per heavy atom. The molecule has 0 aromatic heterocycles. The smallest absolute Gasteiger partial charge is 0.121 e. The number of ether oxygens (including phenoxy) is 1. The molecule has 0 atom stereocenters. The Labute approximate surface area is 202 Å². The number of benzene rings is 3. The van der Waals surface area contributed by atoms with Gasteiger partial charge in [0.05, 0.1) is 29.2 Å². The average molecular weight is 467 g/mol. The van der Waals surface area contributed by atoms with Crippen molar-refractivity contribution in [3.63, 3.8) is 0 Å². The molecule has 176 valence electrons. The van der Waals surface area contributed by atoms with E-state index in [0.717, 1.165) is 40.1 Å². The molecule has 5 N–H and O–H groups in total. The SMILES string of the molecule is CN(c1ccc(N)cc1Cl)C1CCCCC1.COc1ccc(N)c(NCc2ccccc2)c1. The van der Waals surface area contributed by atoms with Crippen LogP contribution in [0.25, 0.3) is 0 Å². The van der Waals surface area contributed by atoms with E-state index >= 15 is 0 Å². The first kappa shape index (κ1) is 24.6. The first-order valence-electron chi connectivity index (χ1n) is 11.5. The summed E-state index contributed by atoms with van der Waals surface area (Å²) in [4.78, 5) is 2.31. The molecule has 0 aliphatic heterocycles. The van der Waals surface area contributed by atoms with Gasteiger partial charge in [-0.2, -0.15) is 0 Å². The van der Waals surface area contributed by atoms with E-state index in [1.54, 1.807) is 7.11 Å². The van der Waals surface area contributed by atoms with Gasteiger partial charge in [-0.15, -0.1) is 0 Å². The standard InChI is InChI=1S/C14H16N2O.C13H19ClN2/c1-17-12-7-8-13(15)14(9-12)16-10-11-5-3-2-4-6-11;1-16(11-5-3-2-4-6-11)13-8-7-10(15)9-12(13)14/h2-9,16H,10,15H2,1H3;7-9,11H,2-6,15H2,1H3. The van der Waals surface area contributed by atoms with E-state index in [1.165, 1.54) is 37.7 Å². The molecule has 1 fully saturated rings. The Morgan fingerprint density at radius 2 is 1.70 bits per heavy atom. The fourth-order valence-electron chi connectivity index (χ4n) is 4.08. The number of rotatable bonds is 6. The van der Waals surface area contributed by atoms with E-state index in [1.807, 2.05) is 54.6 Å². The number of nitrogen functional groups attached to an aromatic ring is 2. The van der Waals surface area contributed by atoms with Crippen molar-refractivity contribution < 1.29 is 4.74 Å². The molecule has 0 amide bonds. The number of methoxy groups -OCH3 is 1. The highest BCUT2D eigenvalue weighted by atomic mass is 35.5. The number of hydrogen-bond donors (Lipinski definition) is 3. The van der Waals surface area contributed by atoms with Crippen LogP contribution in [0.1, 0.15) is 37.7 Å². The van der Waals surface area contributed by atoms with E-state index < -0.39 is 0 Å². The van der Waals surface area contributed by atoms with Crippen LogP contribution in [0.4, 0.5) is 22.7 Å². The van der Waals surface area contributed by atoms with Gasteiger partial charge in [-0.05, 0) is 48.7 Å². The highest BCUT2D eigenvalue weighted by Gasteiger charge is 2.19. The van der Waals surface area contributed by atoms with Crippen LogP contribution in [0.3, 0.4) is 0 Å². The van der Waals surface area contributed by atoms with Crippen LogP contribution in [0.15, 0.2) is 66.7 Å². The molecular formula is C27H35ClN4O. The normalized spacial score (nSPS) is 13.5. The zero-order chi connectivity index (χ0) is 23.6. The second kappa shape index (κ2) is 12.3. The van der Waals surface area contributed by atoms with Gasteiger partial charge in [0.2, 0.25) is 0 Å². The minimum absolute atomic E-state index is 0.634. The predicted molar refractivity (Wildman–Crippen MR) is 142 cm³/mol. The van der Waals surface area contributed by atoms with Gasteiger partial charge in [-0.25, -0.2) is 0 Å². The fourth-order valence-corrected chi connectivity index (χ4v) is 4.41. The van der Waals surface area contributed by atoms with E-state index in [0.29, 0.717) is 6.04 Å². The molecular weight excluding hydrogens is 432 g/mol. The van der Waals surface area contributed by atoms with Crippen molar-refractivity contribution in [2.24, 2.45) is 0 Å². The molecule has 0 saturated heterocycles. The lowest BCUT2D eigenvalue weighted by molar-refractivity contribution is 0.415. The first-order chi connectivity index (χ1) is 16.0. The van der Waals surface area contributed by atoms with E-state index in [9.17, 15) is 0 Å². The fraction of sp³-hybridized carbons (Fsp3) is 0.333. The van der Waals surface area contributed by atoms with Crippen LogP contribution in [-0.2, 0) is 6.54 Å². The number of anilines is 4. The molecule has 33 heavy (non-hydrogen) atoms. The van der Waals surface area contributed by atoms with Crippen molar-refractivity contribution in [3.8, 4) is 5.75 Å². The van der Waals surface area contributed by atoms with Crippen molar-refractivity contribution >= 4 is 34.4 Å². The monoisotopic (exact) mass is 466 g/mol. The molecule has 1 aliphatic rings. The minimum atomic E-state index is 0.634. The molecule has 0 radical (unpaired) electrons. The molecule has 0 spiro atoms. The van der Waals surface area contributed by atoms with Crippen LogP contribution < -0.4 is 26.4 Å². The average Bonchev–Trinajstić information content (AvgIpc) is 2.85. The van der Waals surface area contributed by atoms with E-state index in [-0.39, 0.29) is 0 Å². The van der Waals surface area contributed by atoms with Gasteiger partial charge in [-0.1, -0.05) is 61.2 Å². The van der Waals surface area contributed by atoms with Gasteiger partial charge in [0.25, 0.3) is 0 Å². The zero-order valence-electron chi connectivity index (χ0n) is 19.6. The Morgan fingerprint density at radius 1 is 0.970 bits per heavy atom. The summed E-state index contributed by atoms with van der Waals surface area (Å²) < 4.78 is 5.17. The van der Waals surface area contributed by atoms with Crippen LogP contribution >= 0.6 is 11.6 Å². The summed E-state index contributed by atoms with van der Waals surface area (Å²) in [5.74, 6) is 0.801. The van der Waals surface area contributed by atoms with E-state index in [2.05, 4.69) is 29.4 Å². The third kappa shape index (κ3) is 7.22. The van der Waals surface area contributed by atoms with Gasteiger partial charge in [0.1, 0.15) is 5.75 Å². The van der Waals surface area contributed by atoms with Crippen LogP contribution in [0.5, 0.6) is 5.75 Å². The molecule has 3 aromatic rings. The molecule has 4 rings (SSSR count). The second-order valence-electron chi connectivity index (χ2n) is 8.41. The van der Waals surface area contributed by atoms with Gasteiger partial charge in [0.15, 0.2) is 0 Å². The molecule has 6 heteroatoms. The summed E-state index contributed by atoms with van der Waals surface area (Å²) in [7, 11) is 3.78. The summed E-state index contributed by atoms with van der Waals surface area (Å²) in [5.41, 5.74) is 16.3.